The van der Waals surface area contributed by atoms with Crippen molar-refractivity contribution in [2.24, 2.45) is 0 Å². The average Bonchev–Trinajstić information content (AvgIpc) is 3.21. The van der Waals surface area contributed by atoms with E-state index in [0.29, 0.717) is 6.54 Å². The van der Waals surface area contributed by atoms with E-state index in [1.54, 1.807) is 17.4 Å². The molecule has 3 N–H and O–H groups in total. The number of para-hydroxylation sites is 1. The molecule has 1 unspecified atom stereocenters. The van der Waals surface area contributed by atoms with E-state index in [-0.39, 0.29) is 18.2 Å². The smallest absolute Gasteiger partial charge is 0.305 e. The van der Waals surface area contributed by atoms with E-state index in [4.69, 9.17) is 4.42 Å². The Hall–Kier alpha value is -2.71. The van der Waals surface area contributed by atoms with E-state index < -0.39 is 5.91 Å². The molecule has 1 aromatic carbocycles. The third-order valence-corrected chi connectivity index (χ3v) is 4.35. The lowest BCUT2D eigenvalue weighted by Gasteiger charge is -2.12. The number of nitrogens with zero attached hydrogens (tertiary/aromatic N) is 1. The van der Waals surface area contributed by atoms with Gasteiger partial charge in [-0.2, -0.15) is 0 Å². The van der Waals surface area contributed by atoms with Crippen molar-refractivity contribution in [3.05, 3.63) is 53.4 Å². The molecule has 7 nitrogen and oxygen atoms in total. The van der Waals surface area contributed by atoms with Crippen LogP contribution in [-0.2, 0) is 11.3 Å². The minimum Gasteiger partial charge on any atom is -0.459 e. The maximum absolute atomic E-state index is 11.9. The Bertz CT molecular complexity index is 811. The molecule has 0 bridgehead atoms. The monoisotopic (exact) mass is 345 g/mol. The number of fused-ring (bicyclic) bond motifs is 1. The van der Waals surface area contributed by atoms with Gasteiger partial charge in [0.05, 0.1) is 23.5 Å². The number of rotatable bonds is 5. The van der Waals surface area contributed by atoms with Gasteiger partial charge in [-0.05, 0) is 24.3 Å². The zero-order chi connectivity index (χ0) is 16.9. The summed E-state index contributed by atoms with van der Waals surface area (Å²) in [6.45, 7) is 0.854. The van der Waals surface area contributed by atoms with Crippen LogP contribution in [0.1, 0.15) is 15.6 Å². The summed E-state index contributed by atoms with van der Waals surface area (Å²) in [6.07, 6.45) is 1.40. The van der Waals surface area contributed by atoms with Crippen molar-refractivity contribution in [1.82, 2.24) is 15.8 Å². The number of benzene rings is 1. The van der Waals surface area contributed by atoms with Crippen LogP contribution in [0, 0.1) is 0 Å². The van der Waals surface area contributed by atoms with Crippen molar-refractivity contribution in [2.45, 2.75) is 6.54 Å². The lowest BCUT2D eigenvalue weighted by Crippen LogP contribution is -3.09. The Labute approximate surface area is 142 Å². The van der Waals surface area contributed by atoms with E-state index >= 15 is 0 Å². The van der Waals surface area contributed by atoms with Crippen molar-refractivity contribution in [3.8, 4) is 0 Å². The summed E-state index contributed by atoms with van der Waals surface area (Å²) in [5.41, 5.74) is 5.67. The van der Waals surface area contributed by atoms with E-state index in [1.165, 1.54) is 12.3 Å². The van der Waals surface area contributed by atoms with Gasteiger partial charge < -0.3 is 9.32 Å². The highest BCUT2D eigenvalue weighted by molar-refractivity contribution is 7.18. The molecule has 1 atom stereocenters. The second-order valence-corrected chi connectivity index (χ2v) is 6.48. The molecule has 2 aromatic heterocycles. The van der Waals surface area contributed by atoms with Gasteiger partial charge >= 0.3 is 5.91 Å². The minimum atomic E-state index is -0.489. The van der Waals surface area contributed by atoms with Gasteiger partial charge in [0.1, 0.15) is 11.6 Å². The molecule has 0 aliphatic rings. The van der Waals surface area contributed by atoms with Crippen molar-refractivity contribution in [1.29, 1.82) is 0 Å². The standard InChI is InChI=1S/C16H16N4O3S/c1-20(10-15-17-11-5-2-3-7-13(11)24-15)9-14(21)18-19-16(22)12-6-4-8-23-12/h2-8H,9-10H2,1H3,(H,18,21)(H,19,22)/p+1. The van der Waals surface area contributed by atoms with Crippen LogP contribution in [0.4, 0.5) is 0 Å². The van der Waals surface area contributed by atoms with Gasteiger partial charge in [-0.15, -0.1) is 11.3 Å². The van der Waals surface area contributed by atoms with Crippen LogP contribution in [0.3, 0.4) is 0 Å². The van der Waals surface area contributed by atoms with E-state index in [1.807, 2.05) is 31.3 Å². The fourth-order valence-electron chi connectivity index (χ4n) is 2.23. The predicted octanol–water partition coefficient (Wildman–Crippen LogP) is 0.365. The highest BCUT2D eigenvalue weighted by Gasteiger charge is 2.15. The summed E-state index contributed by atoms with van der Waals surface area (Å²) < 4.78 is 6.08. The first-order valence-corrected chi connectivity index (χ1v) is 8.22. The van der Waals surface area contributed by atoms with E-state index in [0.717, 1.165) is 20.1 Å². The summed E-state index contributed by atoms with van der Waals surface area (Å²) >= 11 is 1.62. The molecule has 0 radical (unpaired) electrons. The molecule has 3 rings (SSSR count). The summed E-state index contributed by atoms with van der Waals surface area (Å²) in [5.74, 6) is -0.629. The number of hydrazine groups is 1. The first-order chi connectivity index (χ1) is 11.6. The number of nitrogens with one attached hydrogen (secondary N) is 3. The van der Waals surface area contributed by atoms with Gasteiger partial charge in [-0.3, -0.25) is 20.4 Å². The maximum atomic E-state index is 11.9. The van der Waals surface area contributed by atoms with Gasteiger partial charge in [-0.1, -0.05) is 12.1 Å². The Morgan fingerprint density at radius 2 is 2.04 bits per heavy atom. The molecule has 2 heterocycles. The molecule has 0 saturated heterocycles. The number of furan rings is 1. The van der Waals surface area contributed by atoms with Crippen LogP contribution in [0.25, 0.3) is 10.2 Å². The molecule has 8 heteroatoms. The second kappa shape index (κ2) is 7.24. The van der Waals surface area contributed by atoms with Crippen molar-refractivity contribution < 1.29 is 18.9 Å². The van der Waals surface area contributed by atoms with Crippen LogP contribution in [0.5, 0.6) is 0 Å². The molecule has 0 aliphatic heterocycles. The van der Waals surface area contributed by atoms with Crippen LogP contribution < -0.4 is 15.8 Å². The zero-order valence-corrected chi connectivity index (χ0v) is 13.9. The molecule has 0 fully saturated rings. The number of amides is 2. The zero-order valence-electron chi connectivity index (χ0n) is 13.0. The molecule has 124 valence electrons. The first kappa shape index (κ1) is 16.2. The van der Waals surface area contributed by atoms with Crippen LogP contribution in [0.15, 0.2) is 47.1 Å². The Morgan fingerprint density at radius 3 is 2.79 bits per heavy atom. The fraction of sp³-hybridized carbons (Fsp3) is 0.188. The summed E-state index contributed by atoms with van der Waals surface area (Å²) in [7, 11) is 1.90. The van der Waals surface area contributed by atoms with Gasteiger partial charge in [0, 0.05) is 0 Å². The molecular weight excluding hydrogens is 328 g/mol. The highest BCUT2D eigenvalue weighted by Crippen LogP contribution is 2.20. The molecular formula is C16H17N4O3S+. The molecule has 0 saturated carbocycles. The molecule has 0 aliphatic carbocycles. The molecule has 3 aromatic rings. The molecule has 2 amide bonds. The second-order valence-electron chi connectivity index (χ2n) is 5.37. The summed E-state index contributed by atoms with van der Waals surface area (Å²) in [6, 6.07) is 11.1. The van der Waals surface area contributed by atoms with Crippen LogP contribution in [0.2, 0.25) is 0 Å². The van der Waals surface area contributed by atoms with E-state index in [2.05, 4.69) is 15.8 Å². The van der Waals surface area contributed by atoms with Gasteiger partial charge in [0.2, 0.25) is 0 Å². The number of carbonyl (C=O) groups is 2. The number of hydrogen-bond acceptors (Lipinski definition) is 5. The topological polar surface area (TPSA) is 88.7 Å². The normalized spacial score (nSPS) is 12.0. The van der Waals surface area contributed by atoms with Crippen molar-refractivity contribution in [2.75, 3.05) is 13.6 Å². The Kier molecular flexibility index (Phi) is 4.88. The maximum Gasteiger partial charge on any atom is 0.305 e. The Balaban J connectivity index is 1.48. The van der Waals surface area contributed by atoms with Gasteiger partial charge in [0.15, 0.2) is 12.3 Å². The number of likely N-dealkylation sites (N-methyl/N-ethyl adjacent to an activating group) is 1. The van der Waals surface area contributed by atoms with Crippen LogP contribution >= 0.6 is 11.3 Å². The van der Waals surface area contributed by atoms with Gasteiger partial charge in [0.25, 0.3) is 5.91 Å². The highest BCUT2D eigenvalue weighted by atomic mass is 32.1. The summed E-state index contributed by atoms with van der Waals surface area (Å²) in [4.78, 5) is 29.1. The SMILES string of the molecule is C[NH+](CC(=O)NNC(=O)c1ccco1)Cc1nc2ccccc2s1. The number of thiazole rings is 1. The largest absolute Gasteiger partial charge is 0.459 e. The Morgan fingerprint density at radius 1 is 1.21 bits per heavy atom. The molecule has 24 heavy (non-hydrogen) atoms. The quantitative estimate of drug-likeness (QED) is 0.583. The number of aromatic nitrogens is 1. The third kappa shape index (κ3) is 3.98. The molecule has 0 spiro atoms. The third-order valence-electron chi connectivity index (χ3n) is 3.31. The average molecular weight is 345 g/mol. The number of carbonyl (C=O) groups excluding carboxylic acids is 2. The fourth-order valence-corrected chi connectivity index (χ4v) is 3.31. The van der Waals surface area contributed by atoms with Crippen molar-refractivity contribution in [3.63, 3.8) is 0 Å². The lowest BCUT2D eigenvalue weighted by atomic mass is 10.3. The lowest BCUT2D eigenvalue weighted by molar-refractivity contribution is -0.885. The first-order valence-electron chi connectivity index (χ1n) is 7.40. The van der Waals surface area contributed by atoms with Crippen LogP contribution in [-0.4, -0.2) is 30.4 Å². The predicted molar refractivity (Wildman–Crippen MR) is 89.4 cm³/mol. The minimum absolute atomic E-state index is 0.144. The number of quaternary nitrogens is 1. The van der Waals surface area contributed by atoms with E-state index in [9.17, 15) is 9.59 Å². The summed E-state index contributed by atoms with van der Waals surface area (Å²) in [5, 5.41) is 0.973. The van der Waals surface area contributed by atoms with Gasteiger partial charge in [-0.25, -0.2) is 4.98 Å². The number of hydrogen-bond donors (Lipinski definition) is 3. The van der Waals surface area contributed by atoms with Crippen molar-refractivity contribution >= 4 is 33.4 Å².